The number of carbonyl (C=O) groups is 2. The molecule has 0 aliphatic carbocycles. The molecule has 1 fully saturated rings. The smallest absolute Gasteiger partial charge is 0.324 e. The van der Waals surface area contributed by atoms with Gasteiger partial charge in [-0.2, -0.15) is 0 Å². The lowest BCUT2D eigenvalue weighted by Gasteiger charge is -2.26. The van der Waals surface area contributed by atoms with Crippen LogP contribution in [0, 0.1) is 5.41 Å². The van der Waals surface area contributed by atoms with Gasteiger partial charge in [-0.05, 0) is 30.2 Å². The maximum absolute atomic E-state index is 12.4. The predicted octanol–water partition coefficient (Wildman–Crippen LogP) is 3.21. The minimum atomic E-state index is -0.909. The van der Waals surface area contributed by atoms with Gasteiger partial charge in [-0.3, -0.25) is 4.79 Å². The summed E-state index contributed by atoms with van der Waals surface area (Å²) in [7, 11) is -0.663. The van der Waals surface area contributed by atoms with E-state index in [0.29, 0.717) is 6.42 Å². The van der Waals surface area contributed by atoms with E-state index < -0.39 is 13.1 Å². The van der Waals surface area contributed by atoms with E-state index in [1.165, 1.54) is 0 Å². The number of rotatable bonds is 4. The van der Waals surface area contributed by atoms with E-state index in [1.807, 2.05) is 37.0 Å². The summed E-state index contributed by atoms with van der Waals surface area (Å²) in [6.07, 6.45) is 2.36. The second kappa shape index (κ2) is 5.65. The number of aldehydes is 1. The van der Waals surface area contributed by atoms with Gasteiger partial charge in [0.25, 0.3) is 0 Å². The molecule has 0 N–H and O–H groups in total. The molecule has 0 amide bonds. The largest absolute Gasteiger partial charge is 0.460 e. The lowest BCUT2D eigenvalue weighted by Crippen LogP contribution is -2.38. The summed E-state index contributed by atoms with van der Waals surface area (Å²) in [4.78, 5) is 24.0. The van der Waals surface area contributed by atoms with Gasteiger partial charge < -0.3 is 9.53 Å². The lowest BCUT2D eigenvalue weighted by atomic mass is 9.85. The molecule has 0 bridgehead atoms. The van der Waals surface area contributed by atoms with Gasteiger partial charge in [-0.15, -0.1) is 0 Å². The van der Waals surface area contributed by atoms with Gasteiger partial charge in [0, 0.05) is 0 Å². The Morgan fingerprint density at radius 2 is 2.00 bits per heavy atom. The molecule has 1 aromatic rings. The van der Waals surface area contributed by atoms with Gasteiger partial charge in [0.05, 0.1) is 0 Å². The fourth-order valence-corrected chi connectivity index (χ4v) is 5.89. The van der Waals surface area contributed by atoms with Crippen molar-refractivity contribution >= 4 is 20.2 Å². The van der Waals surface area contributed by atoms with Crippen molar-refractivity contribution in [3.63, 3.8) is 0 Å². The van der Waals surface area contributed by atoms with Crippen LogP contribution in [0.5, 0.6) is 0 Å². The Hall–Kier alpha value is -1.21. The van der Waals surface area contributed by atoms with E-state index in [0.717, 1.165) is 18.0 Å². The zero-order valence-corrected chi connectivity index (χ0v) is 13.2. The van der Waals surface area contributed by atoms with E-state index in [2.05, 4.69) is 13.8 Å². The maximum atomic E-state index is 12.4. The van der Waals surface area contributed by atoms with Crippen molar-refractivity contribution in [1.82, 2.24) is 0 Å². The third kappa shape index (κ3) is 2.93. The Kier molecular flexibility index (Phi) is 4.29. The van der Waals surface area contributed by atoms with Crippen molar-refractivity contribution in [2.75, 3.05) is 12.8 Å². The minimum absolute atomic E-state index is 0.0349. The highest BCUT2D eigenvalue weighted by Gasteiger charge is 2.54. The van der Waals surface area contributed by atoms with Gasteiger partial charge in [-0.25, -0.2) is 0 Å². The molecule has 2 atom stereocenters. The summed E-state index contributed by atoms with van der Waals surface area (Å²) in [5.41, 5.74) is 0.979. The molecule has 1 aromatic carbocycles. The molecule has 3 nitrogen and oxygen atoms in total. The molecular weight excluding hydrogens is 271 g/mol. The monoisotopic (exact) mass is 292 g/mol. The van der Waals surface area contributed by atoms with Gasteiger partial charge in [-0.1, -0.05) is 52.1 Å². The Bertz CT molecular complexity index is 498. The summed E-state index contributed by atoms with van der Waals surface area (Å²) in [6, 6.07) is 9.56. The fraction of sp³-hybridized carbons (Fsp3) is 0.500. The Morgan fingerprint density at radius 1 is 1.35 bits per heavy atom. The van der Waals surface area contributed by atoms with Crippen molar-refractivity contribution in [1.29, 1.82) is 0 Å². The van der Waals surface area contributed by atoms with Crippen molar-refractivity contribution in [2.45, 2.75) is 32.0 Å². The molecule has 2 rings (SSSR count). The molecule has 0 saturated carbocycles. The molecule has 0 spiro atoms. The first-order valence-corrected chi connectivity index (χ1v) is 8.76. The van der Waals surface area contributed by atoms with Crippen LogP contribution >= 0.6 is 7.92 Å². The average molecular weight is 292 g/mol. The van der Waals surface area contributed by atoms with Gasteiger partial charge in [0.2, 0.25) is 0 Å². The molecule has 108 valence electrons. The second-order valence-corrected chi connectivity index (χ2v) is 8.81. The van der Waals surface area contributed by atoms with Gasteiger partial charge >= 0.3 is 5.97 Å². The molecule has 1 saturated heterocycles. The van der Waals surface area contributed by atoms with Crippen LogP contribution in [0.25, 0.3) is 0 Å². The highest BCUT2D eigenvalue weighted by Crippen LogP contribution is 2.61. The van der Waals surface area contributed by atoms with E-state index >= 15 is 0 Å². The van der Waals surface area contributed by atoms with Crippen molar-refractivity contribution in [2.24, 2.45) is 5.41 Å². The van der Waals surface area contributed by atoms with Crippen LogP contribution < -0.4 is 0 Å². The van der Waals surface area contributed by atoms with Crippen molar-refractivity contribution in [3.8, 4) is 0 Å². The predicted molar refractivity (Wildman–Crippen MR) is 81.1 cm³/mol. The summed E-state index contributed by atoms with van der Waals surface area (Å²) >= 11 is 0. The van der Waals surface area contributed by atoms with E-state index in [1.54, 1.807) is 0 Å². The summed E-state index contributed by atoms with van der Waals surface area (Å²) in [5, 5.41) is -0.909. The van der Waals surface area contributed by atoms with Crippen LogP contribution in [0.2, 0.25) is 0 Å². The zero-order chi connectivity index (χ0) is 14.8. The molecule has 1 heterocycles. The van der Waals surface area contributed by atoms with Crippen molar-refractivity contribution < 1.29 is 14.3 Å². The second-order valence-electron chi connectivity index (χ2n) is 6.30. The summed E-state index contributed by atoms with van der Waals surface area (Å²) < 4.78 is 5.42. The average Bonchev–Trinajstić information content (AvgIpc) is 2.67. The molecule has 0 radical (unpaired) electrons. The normalized spacial score (nSPS) is 28.1. The molecule has 20 heavy (non-hydrogen) atoms. The highest BCUT2D eigenvalue weighted by atomic mass is 31.1. The van der Waals surface area contributed by atoms with Gasteiger partial charge in [0.15, 0.2) is 0 Å². The first-order valence-electron chi connectivity index (χ1n) is 6.78. The standard InChI is InChI=1S/C16H21O3P/c1-15(2)10-16(11-17,20(3)12-15)14(18)19-9-13-7-5-4-6-8-13/h4-8,11H,9-10,12H2,1-3H3. The van der Waals surface area contributed by atoms with E-state index in [4.69, 9.17) is 4.74 Å². The topological polar surface area (TPSA) is 43.4 Å². The number of carbonyl (C=O) groups excluding carboxylic acids is 2. The number of ether oxygens (including phenoxy) is 1. The van der Waals surface area contributed by atoms with Crippen LogP contribution in [0.1, 0.15) is 25.8 Å². The maximum Gasteiger partial charge on any atom is 0.324 e. The quantitative estimate of drug-likeness (QED) is 0.370. The van der Waals surface area contributed by atoms with Gasteiger partial charge in [0.1, 0.15) is 18.0 Å². The molecule has 1 aliphatic rings. The zero-order valence-electron chi connectivity index (χ0n) is 12.3. The Labute approximate surface area is 121 Å². The number of benzene rings is 1. The summed E-state index contributed by atoms with van der Waals surface area (Å²) in [5.74, 6) is -0.351. The van der Waals surface area contributed by atoms with E-state index in [-0.39, 0.29) is 18.0 Å². The number of hydrogen-bond donors (Lipinski definition) is 0. The highest BCUT2D eigenvalue weighted by molar-refractivity contribution is 7.61. The Morgan fingerprint density at radius 3 is 2.50 bits per heavy atom. The van der Waals surface area contributed by atoms with E-state index in [9.17, 15) is 9.59 Å². The SMILES string of the molecule is CP1CC(C)(C)CC1(C=O)C(=O)OCc1ccccc1. The van der Waals surface area contributed by atoms with Crippen LogP contribution in [0.15, 0.2) is 30.3 Å². The van der Waals surface area contributed by atoms with Crippen LogP contribution in [0.3, 0.4) is 0 Å². The van der Waals surface area contributed by atoms with Crippen LogP contribution in [0.4, 0.5) is 0 Å². The lowest BCUT2D eigenvalue weighted by molar-refractivity contribution is -0.149. The first kappa shape index (κ1) is 15.2. The minimum Gasteiger partial charge on any atom is -0.460 e. The van der Waals surface area contributed by atoms with Crippen molar-refractivity contribution in [3.05, 3.63) is 35.9 Å². The molecule has 1 aliphatic heterocycles. The fourth-order valence-electron chi connectivity index (χ4n) is 2.96. The molecule has 0 aromatic heterocycles. The third-order valence-electron chi connectivity index (χ3n) is 3.86. The molecule has 4 heteroatoms. The molecular formula is C16H21O3P. The van der Waals surface area contributed by atoms with Crippen LogP contribution in [-0.4, -0.2) is 30.2 Å². The third-order valence-corrected chi connectivity index (χ3v) is 6.99. The summed E-state index contributed by atoms with van der Waals surface area (Å²) in [6.45, 7) is 6.49. The van der Waals surface area contributed by atoms with Crippen LogP contribution in [-0.2, 0) is 20.9 Å². The molecule has 2 unspecified atom stereocenters. The number of hydrogen-bond acceptors (Lipinski definition) is 3. The first-order chi connectivity index (χ1) is 9.39. The Balaban J connectivity index is 2.09. The number of esters is 1.